The molecule has 0 saturated heterocycles. The maximum Gasteiger partial charge on any atom is 0.312 e. The minimum absolute atomic E-state index is 0.105. The second kappa shape index (κ2) is 9.53. The van der Waals surface area contributed by atoms with Gasteiger partial charge in [-0.25, -0.2) is 4.39 Å². The van der Waals surface area contributed by atoms with E-state index < -0.39 is 23.6 Å². The third-order valence-electron chi connectivity index (χ3n) is 3.71. The van der Waals surface area contributed by atoms with Crippen LogP contribution in [0.2, 0.25) is 0 Å². The maximum absolute atomic E-state index is 13.0. The van der Waals surface area contributed by atoms with Crippen LogP contribution < -0.4 is 10.1 Å². The largest absolute Gasteiger partial charge is 0.491 e. The first-order chi connectivity index (χ1) is 12.5. The number of halogens is 1. The van der Waals surface area contributed by atoms with Gasteiger partial charge < -0.3 is 19.9 Å². The Morgan fingerprint density at radius 3 is 2.31 bits per heavy atom. The van der Waals surface area contributed by atoms with Crippen molar-refractivity contribution in [2.24, 2.45) is 0 Å². The number of benzene rings is 2. The number of ether oxygens (including phenoxy) is 2. The average Bonchev–Trinajstić information content (AvgIpc) is 2.63. The smallest absolute Gasteiger partial charge is 0.312 e. The predicted molar refractivity (Wildman–Crippen MR) is 92.9 cm³/mol. The predicted octanol–water partition coefficient (Wildman–Crippen LogP) is 2.45. The molecule has 2 rings (SSSR count). The molecule has 7 heteroatoms. The first-order valence-corrected chi connectivity index (χ1v) is 7.99. The molecule has 0 fully saturated rings. The molecule has 6 nitrogen and oxygen atoms in total. The standard InChI is InChI=1S/C19H20FNO5/c1-25-10-11-26-16-8-4-14(5-9-16)18(22)21-12-17(19(23)24)13-2-6-15(20)7-3-13/h2-9,17H,10-12H2,1H3,(H,21,22)(H,23,24). The second-order valence-electron chi connectivity index (χ2n) is 5.52. The van der Waals surface area contributed by atoms with Crippen molar-refractivity contribution < 1.29 is 28.6 Å². The molecular formula is C19H20FNO5. The van der Waals surface area contributed by atoms with Crippen molar-refractivity contribution in [2.45, 2.75) is 5.92 Å². The fourth-order valence-electron chi connectivity index (χ4n) is 2.29. The van der Waals surface area contributed by atoms with Crippen LogP contribution in [0.5, 0.6) is 5.75 Å². The highest BCUT2D eigenvalue weighted by molar-refractivity contribution is 5.94. The molecule has 26 heavy (non-hydrogen) atoms. The van der Waals surface area contributed by atoms with E-state index in [-0.39, 0.29) is 6.54 Å². The third-order valence-corrected chi connectivity index (χ3v) is 3.71. The fourth-order valence-corrected chi connectivity index (χ4v) is 2.29. The van der Waals surface area contributed by atoms with Crippen molar-refractivity contribution in [3.8, 4) is 5.75 Å². The Kier molecular flexibility index (Phi) is 7.11. The first-order valence-electron chi connectivity index (χ1n) is 7.99. The van der Waals surface area contributed by atoms with Gasteiger partial charge in [-0.1, -0.05) is 12.1 Å². The lowest BCUT2D eigenvalue weighted by atomic mass is 9.99. The number of carbonyl (C=O) groups is 2. The molecule has 2 N–H and O–H groups in total. The topological polar surface area (TPSA) is 84.9 Å². The van der Waals surface area contributed by atoms with Gasteiger partial charge in [-0.3, -0.25) is 9.59 Å². The van der Waals surface area contributed by atoms with Crippen LogP contribution in [0.25, 0.3) is 0 Å². The summed E-state index contributed by atoms with van der Waals surface area (Å²) in [7, 11) is 1.58. The van der Waals surface area contributed by atoms with Gasteiger partial charge >= 0.3 is 5.97 Å². The number of rotatable bonds is 9. The van der Waals surface area contributed by atoms with Crippen LogP contribution in [0.15, 0.2) is 48.5 Å². The number of carboxylic acids is 1. The van der Waals surface area contributed by atoms with Crippen LogP contribution in [-0.2, 0) is 9.53 Å². The molecule has 2 aromatic rings. The minimum atomic E-state index is -1.10. The number of amides is 1. The second-order valence-corrected chi connectivity index (χ2v) is 5.52. The molecule has 0 aliphatic heterocycles. The Balaban J connectivity index is 1.95. The van der Waals surface area contributed by atoms with Gasteiger partial charge in [0, 0.05) is 19.2 Å². The number of nitrogens with one attached hydrogen (secondary N) is 1. The summed E-state index contributed by atoms with van der Waals surface area (Å²) in [6, 6.07) is 11.7. The first kappa shape index (κ1) is 19.4. The zero-order valence-corrected chi connectivity index (χ0v) is 14.3. The van der Waals surface area contributed by atoms with Gasteiger partial charge in [0.1, 0.15) is 18.2 Å². The number of hydrogen-bond acceptors (Lipinski definition) is 4. The normalized spacial score (nSPS) is 11.6. The van der Waals surface area contributed by atoms with Crippen LogP contribution in [0, 0.1) is 5.82 Å². The van der Waals surface area contributed by atoms with E-state index in [0.717, 1.165) is 0 Å². The molecule has 1 atom stereocenters. The summed E-state index contributed by atoms with van der Waals surface area (Å²) in [6.07, 6.45) is 0. The van der Waals surface area contributed by atoms with Crippen LogP contribution in [-0.4, -0.2) is 43.9 Å². The highest BCUT2D eigenvalue weighted by Crippen LogP contribution is 2.17. The van der Waals surface area contributed by atoms with Crippen molar-refractivity contribution in [3.63, 3.8) is 0 Å². The van der Waals surface area contributed by atoms with Crippen LogP contribution in [0.1, 0.15) is 21.8 Å². The molecule has 138 valence electrons. The number of aliphatic carboxylic acids is 1. The van der Waals surface area contributed by atoms with Gasteiger partial charge in [0.15, 0.2) is 0 Å². The zero-order chi connectivity index (χ0) is 18.9. The van der Waals surface area contributed by atoms with Gasteiger partial charge in [0.2, 0.25) is 0 Å². The summed E-state index contributed by atoms with van der Waals surface area (Å²) in [5, 5.41) is 11.9. The van der Waals surface area contributed by atoms with Crippen molar-refractivity contribution in [1.29, 1.82) is 0 Å². The molecule has 0 bridgehead atoms. The lowest BCUT2D eigenvalue weighted by Crippen LogP contribution is -2.31. The highest BCUT2D eigenvalue weighted by Gasteiger charge is 2.21. The summed E-state index contributed by atoms with van der Waals surface area (Å²) in [6.45, 7) is 0.758. The van der Waals surface area contributed by atoms with E-state index in [4.69, 9.17) is 9.47 Å². The van der Waals surface area contributed by atoms with Gasteiger partial charge in [-0.15, -0.1) is 0 Å². The van der Waals surface area contributed by atoms with E-state index in [1.165, 1.54) is 24.3 Å². The summed E-state index contributed by atoms with van der Waals surface area (Å²) < 4.78 is 23.3. The molecule has 0 spiro atoms. The molecule has 0 heterocycles. The van der Waals surface area contributed by atoms with Crippen LogP contribution in [0.4, 0.5) is 4.39 Å². The number of carbonyl (C=O) groups excluding carboxylic acids is 1. The molecule has 0 saturated carbocycles. The van der Waals surface area contributed by atoms with E-state index in [1.54, 1.807) is 31.4 Å². The van der Waals surface area contributed by atoms with Gasteiger partial charge in [0.05, 0.1) is 12.5 Å². The number of methoxy groups -OCH3 is 1. The van der Waals surface area contributed by atoms with E-state index >= 15 is 0 Å². The van der Waals surface area contributed by atoms with Crippen LogP contribution >= 0.6 is 0 Å². The summed E-state index contributed by atoms with van der Waals surface area (Å²) in [5.41, 5.74) is 0.799. The van der Waals surface area contributed by atoms with E-state index in [2.05, 4.69) is 5.32 Å². The van der Waals surface area contributed by atoms with E-state index in [1.807, 2.05) is 0 Å². The summed E-state index contributed by atoms with van der Waals surface area (Å²) in [5.74, 6) is -2.31. The Morgan fingerprint density at radius 1 is 1.08 bits per heavy atom. The summed E-state index contributed by atoms with van der Waals surface area (Å²) in [4.78, 5) is 23.6. The summed E-state index contributed by atoms with van der Waals surface area (Å²) >= 11 is 0. The van der Waals surface area contributed by atoms with E-state index in [9.17, 15) is 19.1 Å². The Bertz CT molecular complexity index is 731. The van der Waals surface area contributed by atoms with Crippen molar-refractivity contribution in [2.75, 3.05) is 26.9 Å². The number of hydrogen-bond donors (Lipinski definition) is 2. The van der Waals surface area contributed by atoms with E-state index in [0.29, 0.717) is 30.1 Å². The Labute approximate surface area is 150 Å². The molecule has 0 radical (unpaired) electrons. The number of carboxylic acid groups (broad SMARTS) is 1. The quantitative estimate of drug-likeness (QED) is 0.670. The molecule has 0 aliphatic carbocycles. The molecule has 2 aromatic carbocycles. The molecule has 0 aliphatic rings. The molecular weight excluding hydrogens is 341 g/mol. The van der Waals surface area contributed by atoms with Gasteiger partial charge in [-0.2, -0.15) is 0 Å². The molecule has 1 amide bonds. The highest BCUT2D eigenvalue weighted by atomic mass is 19.1. The van der Waals surface area contributed by atoms with Crippen LogP contribution in [0.3, 0.4) is 0 Å². The average molecular weight is 361 g/mol. The zero-order valence-electron chi connectivity index (χ0n) is 14.3. The van der Waals surface area contributed by atoms with Gasteiger partial charge in [-0.05, 0) is 42.0 Å². The Morgan fingerprint density at radius 2 is 1.73 bits per heavy atom. The lowest BCUT2D eigenvalue weighted by molar-refractivity contribution is -0.138. The Hall–Kier alpha value is -2.93. The molecule has 0 aromatic heterocycles. The monoisotopic (exact) mass is 361 g/mol. The van der Waals surface area contributed by atoms with Crippen molar-refractivity contribution >= 4 is 11.9 Å². The fraction of sp³-hybridized carbons (Fsp3) is 0.263. The minimum Gasteiger partial charge on any atom is -0.491 e. The van der Waals surface area contributed by atoms with Crippen molar-refractivity contribution in [1.82, 2.24) is 5.32 Å². The SMILES string of the molecule is COCCOc1ccc(C(=O)NCC(C(=O)O)c2ccc(F)cc2)cc1. The maximum atomic E-state index is 13.0. The van der Waals surface area contributed by atoms with Crippen molar-refractivity contribution in [3.05, 3.63) is 65.5 Å². The third kappa shape index (κ3) is 5.56. The van der Waals surface area contributed by atoms with Gasteiger partial charge in [0.25, 0.3) is 5.91 Å². The molecule has 1 unspecified atom stereocenters. The lowest BCUT2D eigenvalue weighted by Gasteiger charge is -2.14.